The van der Waals surface area contributed by atoms with Crippen molar-refractivity contribution in [3.8, 4) is 5.75 Å². The minimum absolute atomic E-state index is 0.0735. The van der Waals surface area contributed by atoms with Gasteiger partial charge in [-0.15, -0.1) is 11.3 Å². The molecule has 0 saturated carbocycles. The van der Waals surface area contributed by atoms with Gasteiger partial charge in [-0.25, -0.2) is 4.79 Å². The van der Waals surface area contributed by atoms with E-state index in [0.29, 0.717) is 12.2 Å². The number of carbonyl (C=O) groups is 1. The summed E-state index contributed by atoms with van der Waals surface area (Å²) in [6.45, 7) is 0.401. The highest BCUT2D eigenvalue weighted by molar-refractivity contribution is 7.20. The van der Waals surface area contributed by atoms with Crippen LogP contribution >= 0.6 is 11.3 Å². The maximum absolute atomic E-state index is 11.4. The summed E-state index contributed by atoms with van der Waals surface area (Å²) in [4.78, 5) is 12.2. The molecule has 2 aromatic carbocycles. The number of nitrogens with two attached hydrogens (primary N) is 1. The van der Waals surface area contributed by atoms with Crippen molar-refractivity contribution in [3.63, 3.8) is 0 Å². The first-order chi connectivity index (χ1) is 11.6. The van der Waals surface area contributed by atoms with Gasteiger partial charge < -0.3 is 15.2 Å². The summed E-state index contributed by atoms with van der Waals surface area (Å²) in [7, 11) is 1.36. The van der Waals surface area contributed by atoms with Crippen molar-refractivity contribution < 1.29 is 14.3 Å². The van der Waals surface area contributed by atoms with Crippen LogP contribution in [0.3, 0.4) is 0 Å². The topological polar surface area (TPSA) is 85.4 Å². The Kier molecular flexibility index (Phi) is 4.48. The molecule has 0 fully saturated rings. The number of benzene rings is 2. The van der Waals surface area contributed by atoms with Crippen LogP contribution in [0.15, 0.2) is 48.5 Å². The number of ether oxygens (including phenoxy) is 2. The van der Waals surface area contributed by atoms with Crippen LogP contribution in [0.1, 0.15) is 20.8 Å². The molecule has 0 aliphatic rings. The van der Waals surface area contributed by atoms with Crippen molar-refractivity contribution in [1.29, 1.82) is 5.41 Å². The summed E-state index contributed by atoms with van der Waals surface area (Å²) >= 11 is 1.47. The highest BCUT2D eigenvalue weighted by Gasteiger charge is 2.07. The van der Waals surface area contributed by atoms with Crippen molar-refractivity contribution in [2.45, 2.75) is 6.61 Å². The fourth-order valence-electron chi connectivity index (χ4n) is 2.26. The minimum Gasteiger partial charge on any atom is -0.489 e. The van der Waals surface area contributed by atoms with Gasteiger partial charge in [0.25, 0.3) is 0 Å². The maximum atomic E-state index is 11.4. The summed E-state index contributed by atoms with van der Waals surface area (Å²) in [6.07, 6.45) is 0. The van der Waals surface area contributed by atoms with E-state index in [2.05, 4.69) is 4.74 Å². The molecular formula is C18H16N2O3S. The van der Waals surface area contributed by atoms with Crippen molar-refractivity contribution in [2.75, 3.05) is 7.11 Å². The van der Waals surface area contributed by atoms with Gasteiger partial charge in [0.1, 0.15) is 18.2 Å². The van der Waals surface area contributed by atoms with Gasteiger partial charge in [-0.3, -0.25) is 5.41 Å². The third kappa shape index (κ3) is 3.38. The second kappa shape index (κ2) is 6.72. The molecule has 0 aliphatic carbocycles. The van der Waals surface area contributed by atoms with Gasteiger partial charge in [0.05, 0.1) is 17.6 Å². The Morgan fingerprint density at radius 1 is 1.17 bits per heavy atom. The molecule has 1 aromatic heterocycles. The molecule has 6 heteroatoms. The van der Waals surface area contributed by atoms with E-state index < -0.39 is 0 Å². The van der Waals surface area contributed by atoms with Crippen LogP contribution in [0.4, 0.5) is 0 Å². The number of nitrogen functional groups attached to an aromatic ring is 1. The van der Waals surface area contributed by atoms with E-state index in [4.69, 9.17) is 15.9 Å². The van der Waals surface area contributed by atoms with E-state index in [1.165, 1.54) is 18.4 Å². The zero-order valence-corrected chi connectivity index (χ0v) is 13.9. The Morgan fingerprint density at radius 3 is 2.58 bits per heavy atom. The number of hydrogen-bond donors (Lipinski definition) is 2. The summed E-state index contributed by atoms with van der Waals surface area (Å²) in [5.41, 5.74) is 6.99. The molecule has 0 bridgehead atoms. The molecule has 24 heavy (non-hydrogen) atoms. The van der Waals surface area contributed by atoms with Gasteiger partial charge >= 0.3 is 5.97 Å². The van der Waals surface area contributed by atoms with E-state index in [1.807, 2.05) is 36.4 Å². The van der Waals surface area contributed by atoms with Crippen LogP contribution in [0.25, 0.3) is 10.1 Å². The van der Waals surface area contributed by atoms with E-state index >= 15 is 0 Å². The number of nitrogens with one attached hydrogen (secondary N) is 1. The van der Waals surface area contributed by atoms with Crippen LogP contribution in [-0.4, -0.2) is 18.9 Å². The Balaban J connectivity index is 1.71. The van der Waals surface area contributed by atoms with Crippen molar-refractivity contribution >= 4 is 33.2 Å². The Morgan fingerprint density at radius 2 is 1.92 bits per heavy atom. The number of thiophene rings is 1. The molecule has 0 aliphatic heterocycles. The summed E-state index contributed by atoms with van der Waals surface area (Å²) in [5, 5.41) is 8.54. The lowest BCUT2D eigenvalue weighted by Gasteiger charge is -2.07. The van der Waals surface area contributed by atoms with Gasteiger partial charge in [0, 0.05) is 4.70 Å². The van der Waals surface area contributed by atoms with E-state index in [0.717, 1.165) is 26.3 Å². The van der Waals surface area contributed by atoms with Crippen LogP contribution in [-0.2, 0) is 11.3 Å². The van der Waals surface area contributed by atoms with Gasteiger partial charge in [0.2, 0.25) is 0 Å². The molecule has 5 nitrogen and oxygen atoms in total. The Bertz CT molecular complexity index is 900. The first-order valence-electron chi connectivity index (χ1n) is 7.25. The number of rotatable bonds is 5. The average molecular weight is 340 g/mol. The van der Waals surface area contributed by atoms with Crippen LogP contribution in [0.5, 0.6) is 5.75 Å². The largest absolute Gasteiger partial charge is 0.489 e. The molecule has 0 radical (unpaired) electrons. The number of carbonyl (C=O) groups excluding carboxylic acids is 1. The van der Waals surface area contributed by atoms with Crippen LogP contribution in [0, 0.1) is 5.41 Å². The molecule has 0 amide bonds. The summed E-state index contributed by atoms with van der Waals surface area (Å²) in [6, 6.07) is 14.8. The molecule has 0 spiro atoms. The van der Waals surface area contributed by atoms with Gasteiger partial charge in [-0.1, -0.05) is 12.1 Å². The summed E-state index contributed by atoms with van der Waals surface area (Å²) in [5.74, 6) is 0.466. The second-order valence-electron chi connectivity index (χ2n) is 5.20. The zero-order valence-electron chi connectivity index (χ0n) is 13.0. The van der Waals surface area contributed by atoms with E-state index in [-0.39, 0.29) is 11.8 Å². The normalized spacial score (nSPS) is 10.5. The molecular weight excluding hydrogens is 324 g/mol. The van der Waals surface area contributed by atoms with E-state index in [9.17, 15) is 4.79 Å². The predicted octanol–water partition coefficient (Wildman–Crippen LogP) is 3.55. The third-order valence-corrected chi connectivity index (χ3v) is 4.67. The van der Waals surface area contributed by atoms with Gasteiger partial charge in [-0.05, 0) is 47.3 Å². The molecule has 0 saturated heterocycles. The van der Waals surface area contributed by atoms with Crippen LogP contribution in [0.2, 0.25) is 0 Å². The van der Waals surface area contributed by atoms with Crippen molar-refractivity contribution in [2.24, 2.45) is 5.73 Å². The number of fused-ring (bicyclic) bond motifs is 1. The number of methoxy groups -OCH3 is 1. The fraction of sp³-hybridized carbons (Fsp3) is 0.111. The lowest BCUT2D eigenvalue weighted by Crippen LogP contribution is -2.08. The molecule has 122 valence electrons. The minimum atomic E-state index is -0.355. The second-order valence-corrected chi connectivity index (χ2v) is 6.28. The molecule has 1 heterocycles. The highest BCUT2D eigenvalue weighted by Crippen LogP contribution is 2.29. The SMILES string of the molecule is COC(=O)c1ccc(COc2ccc3cc(C(=N)N)sc3c2)cc1. The molecule has 0 atom stereocenters. The van der Waals surface area contributed by atoms with Gasteiger partial charge in [0.15, 0.2) is 0 Å². The molecule has 3 aromatic rings. The zero-order chi connectivity index (χ0) is 17.1. The Hall–Kier alpha value is -2.86. The van der Waals surface area contributed by atoms with E-state index in [1.54, 1.807) is 12.1 Å². The smallest absolute Gasteiger partial charge is 0.337 e. The monoisotopic (exact) mass is 340 g/mol. The van der Waals surface area contributed by atoms with Gasteiger partial charge in [-0.2, -0.15) is 0 Å². The number of hydrogen-bond acceptors (Lipinski definition) is 5. The maximum Gasteiger partial charge on any atom is 0.337 e. The summed E-state index contributed by atoms with van der Waals surface area (Å²) < 4.78 is 11.5. The van der Waals surface area contributed by atoms with Crippen molar-refractivity contribution in [1.82, 2.24) is 0 Å². The number of esters is 1. The first-order valence-corrected chi connectivity index (χ1v) is 8.06. The quantitative estimate of drug-likeness (QED) is 0.422. The third-order valence-electron chi connectivity index (χ3n) is 3.54. The predicted molar refractivity (Wildman–Crippen MR) is 95.0 cm³/mol. The standard InChI is InChI=1S/C18H16N2O3S/c1-22-18(21)12-4-2-11(3-5-12)10-23-14-7-6-13-8-16(17(19)20)24-15(13)9-14/h2-9H,10H2,1H3,(H3,19,20). The lowest BCUT2D eigenvalue weighted by atomic mass is 10.1. The molecule has 3 rings (SSSR count). The van der Waals surface area contributed by atoms with Crippen molar-refractivity contribution in [3.05, 3.63) is 64.5 Å². The van der Waals surface area contributed by atoms with Crippen LogP contribution < -0.4 is 10.5 Å². The average Bonchev–Trinajstić information content (AvgIpc) is 3.03. The Labute approximate surface area is 143 Å². The molecule has 0 unspecified atom stereocenters. The number of amidine groups is 1. The highest BCUT2D eigenvalue weighted by atomic mass is 32.1. The lowest BCUT2D eigenvalue weighted by molar-refractivity contribution is 0.0600. The first kappa shape index (κ1) is 16.0. The molecule has 3 N–H and O–H groups in total. The fourth-order valence-corrected chi connectivity index (χ4v) is 3.21.